The maximum Gasteiger partial charge on any atom is 0.410 e. The Labute approximate surface area is 198 Å². The molecule has 1 atom stereocenters. The summed E-state index contributed by atoms with van der Waals surface area (Å²) in [5.74, 6) is 0.789. The SMILES string of the molecule is CC/C=C/COC(=O)N1CC[C@@H](CCN2CCC3(CC2)CN(C(=O)CC)c2ccccc23)C1. The normalized spacial score (nSPS) is 22.3. The number of hydrogen-bond donors (Lipinski definition) is 0. The van der Waals surface area contributed by atoms with Crippen LogP contribution < -0.4 is 4.90 Å². The first-order chi connectivity index (χ1) is 16.1. The number of hydrogen-bond acceptors (Lipinski definition) is 4. The fraction of sp³-hybridized carbons (Fsp3) is 0.630. The molecule has 0 bridgehead atoms. The largest absolute Gasteiger partial charge is 0.445 e. The molecule has 0 aromatic heterocycles. The van der Waals surface area contributed by atoms with Gasteiger partial charge in [-0.15, -0.1) is 0 Å². The predicted octanol–water partition coefficient (Wildman–Crippen LogP) is 4.59. The van der Waals surface area contributed by atoms with Crippen molar-refractivity contribution in [1.29, 1.82) is 0 Å². The predicted molar refractivity (Wildman–Crippen MR) is 132 cm³/mol. The smallest absolute Gasteiger partial charge is 0.410 e. The van der Waals surface area contributed by atoms with E-state index in [0.29, 0.717) is 18.9 Å². The van der Waals surface area contributed by atoms with Crippen molar-refractivity contribution in [2.75, 3.05) is 50.8 Å². The van der Waals surface area contributed by atoms with E-state index in [2.05, 4.69) is 30.0 Å². The number of nitrogens with zero attached hydrogens (tertiary/aromatic N) is 3. The quantitative estimate of drug-likeness (QED) is 0.567. The zero-order valence-electron chi connectivity index (χ0n) is 20.3. The third kappa shape index (κ3) is 5.26. The van der Waals surface area contributed by atoms with E-state index in [1.165, 1.54) is 5.56 Å². The highest BCUT2D eigenvalue weighted by atomic mass is 16.6. The summed E-state index contributed by atoms with van der Waals surface area (Å²) in [5.41, 5.74) is 2.60. The van der Waals surface area contributed by atoms with Gasteiger partial charge in [0.05, 0.1) is 0 Å². The second kappa shape index (κ2) is 10.7. The molecule has 1 spiro atoms. The van der Waals surface area contributed by atoms with Crippen LogP contribution in [0.3, 0.4) is 0 Å². The lowest BCUT2D eigenvalue weighted by molar-refractivity contribution is -0.118. The topological polar surface area (TPSA) is 53.1 Å². The molecule has 1 aromatic carbocycles. The Morgan fingerprint density at radius 3 is 2.67 bits per heavy atom. The molecule has 3 aliphatic heterocycles. The number of piperidine rings is 1. The van der Waals surface area contributed by atoms with Gasteiger partial charge in [-0.25, -0.2) is 4.79 Å². The Bertz CT molecular complexity index is 860. The molecule has 1 aromatic rings. The first kappa shape index (κ1) is 23.8. The minimum atomic E-state index is -0.177. The van der Waals surface area contributed by atoms with Crippen LogP contribution in [0.25, 0.3) is 0 Å². The van der Waals surface area contributed by atoms with E-state index in [9.17, 15) is 9.59 Å². The number of fused-ring (bicyclic) bond motifs is 2. The Balaban J connectivity index is 1.24. The van der Waals surface area contributed by atoms with Crippen LogP contribution in [0.1, 0.15) is 57.9 Å². The van der Waals surface area contributed by atoms with Crippen LogP contribution in [0.5, 0.6) is 0 Å². The van der Waals surface area contributed by atoms with Crippen molar-refractivity contribution < 1.29 is 14.3 Å². The van der Waals surface area contributed by atoms with Gasteiger partial charge in [0, 0.05) is 37.2 Å². The maximum absolute atomic E-state index is 12.6. The molecule has 0 unspecified atom stereocenters. The van der Waals surface area contributed by atoms with E-state index < -0.39 is 0 Å². The number of carbonyl (C=O) groups is 2. The van der Waals surface area contributed by atoms with Crippen LogP contribution >= 0.6 is 0 Å². The molecule has 0 radical (unpaired) electrons. The third-order valence-corrected chi connectivity index (χ3v) is 7.75. The fourth-order valence-corrected chi connectivity index (χ4v) is 5.72. The molecule has 2 saturated heterocycles. The highest BCUT2D eigenvalue weighted by molar-refractivity contribution is 5.96. The number of rotatable bonds is 7. The molecule has 2 amide bonds. The number of ether oxygens (including phenoxy) is 1. The number of amides is 2. The molecule has 0 saturated carbocycles. The Morgan fingerprint density at radius 1 is 1.12 bits per heavy atom. The van der Waals surface area contributed by atoms with Gasteiger partial charge in [-0.1, -0.05) is 44.2 Å². The van der Waals surface area contributed by atoms with E-state index in [1.54, 1.807) is 0 Å². The molecular formula is C27H39N3O3. The molecule has 4 rings (SSSR count). The summed E-state index contributed by atoms with van der Waals surface area (Å²) < 4.78 is 5.35. The molecule has 0 N–H and O–H groups in total. The molecular weight excluding hydrogens is 414 g/mol. The zero-order valence-corrected chi connectivity index (χ0v) is 20.3. The average Bonchev–Trinajstić information content (AvgIpc) is 3.45. The Kier molecular flexibility index (Phi) is 7.74. The lowest BCUT2D eigenvalue weighted by Gasteiger charge is -2.40. The molecule has 180 valence electrons. The van der Waals surface area contributed by atoms with Crippen LogP contribution in [0.2, 0.25) is 0 Å². The molecule has 2 fully saturated rings. The summed E-state index contributed by atoms with van der Waals surface area (Å²) in [6.07, 6.45) is 9.67. The van der Waals surface area contributed by atoms with Crippen LogP contribution in [0.4, 0.5) is 10.5 Å². The van der Waals surface area contributed by atoms with Gasteiger partial charge < -0.3 is 19.4 Å². The highest BCUT2D eigenvalue weighted by Gasteiger charge is 2.45. The van der Waals surface area contributed by atoms with Crippen molar-refractivity contribution >= 4 is 17.7 Å². The van der Waals surface area contributed by atoms with Crippen molar-refractivity contribution in [3.05, 3.63) is 42.0 Å². The van der Waals surface area contributed by atoms with Crippen LogP contribution in [-0.4, -0.2) is 67.7 Å². The summed E-state index contributed by atoms with van der Waals surface area (Å²) in [7, 11) is 0. The van der Waals surface area contributed by atoms with Crippen LogP contribution in [-0.2, 0) is 14.9 Å². The van der Waals surface area contributed by atoms with E-state index in [0.717, 1.165) is 77.1 Å². The maximum atomic E-state index is 12.6. The first-order valence-corrected chi connectivity index (χ1v) is 12.7. The van der Waals surface area contributed by atoms with E-state index >= 15 is 0 Å². The van der Waals surface area contributed by atoms with Crippen molar-refractivity contribution in [3.63, 3.8) is 0 Å². The lowest BCUT2D eigenvalue weighted by atomic mass is 9.74. The zero-order chi connectivity index (χ0) is 23.3. The summed E-state index contributed by atoms with van der Waals surface area (Å²) in [6.45, 7) is 10.1. The number of benzene rings is 1. The van der Waals surface area contributed by atoms with Gasteiger partial charge in [0.15, 0.2) is 0 Å². The first-order valence-electron chi connectivity index (χ1n) is 12.7. The average molecular weight is 454 g/mol. The van der Waals surface area contributed by atoms with E-state index in [-0.39, 0.29) is 17.4 Å². The molecule has 3 aliphatic rings. The van der Waals surface area contributed by atoms with Gasteiger partial charge in [0.25, 0.3) is 0 Å². The number of para-hydroxylation sites is 1. The second-order valence-corrected chi connectivity index (χ2v) is 9.82. The Morgan fingerprint density at radius 2 is 1.91 bits per heavy atom. The minimum Gasteiger partial charge on any atom is -0.445 e. The van der Waals surface area contributed by atoms with Crippen LogP contribution in [0.15, 0.2) is 36.4 Å². The van der Waals surface area contributed by atoms with E-state index in [1.807, 2.05) is 34.9 Å². The lowest BCUT2D eigenvalue weighted by Crippen LogP contribution is -2.46. The van der Waals surface area contributed by atoms with Crippen LogP contribution in [0, 0.1) is 5.92 Å². The van der Waals surface area contributed by atoms with Gasteiger partial charge in [0.1, 0.15) is 6.61 Å². The van der Waals surface area contributed by atoms with Gasteiger partial charge in [-0.05, 0) is 69.3 Å². The highest BCUT2D eigenvalue weighted by Crippen LogP contribution is 2.47. The molecule has 33 heavy (non-hydrogen) atoms. The fourth-order valence-electron chi connectivity index (χ4n) is 5.72. The molecule has 0 aliphatic carbocycles. The van der Waals surface area contributed by atoms with E-state index in [4.69, 9.17) is 4.74 Å². The second-order valence-electron chi connectivity index (χ2n) is 9.82. The molecule has 3 heterocycles. The number of allylic oxidation sites excluding steroid dienone is 1. The van der Waals surface area contributed by atoms with Crippen molar-refractivity contribution in [2.24, 2.45) is 5.92 Å². The van der Waals surface area contributed by atoms with Gasteiger partial charge in [0.2, 0.25) is 5.91 Å². The molecule has 6 nitrogen and oxygen atoms in total. The minimum absolute atomic E-state index is 0.109. The summed E-state index contributed by atoms with van der Waals surface area (Å²) in [4.78, 5) is 31.3. The van der Waals surface area contributed by atoms with Gasteiger partial charge in [-0.3, -0.25) is 4.79 Å². The molecule has 6 heteroatoms. The van der Waals surface area contributed by atoms with Crippen molar-refractivity contribution in [1.82, 2.24) is 9.80 Å². The Hall–Kier alpha value is -2.34. The third-order valence-electron chi connectivity index (χ3n) is 7.75. The monoisotopic (exact) mass is 453 g/mol. The van der Waals surface area contributed by atoms with Crippen molar-refractivity contribution in [3.8, 4) is 0 Å². The number of likely N-dealkylation sites (tertiary alicyclic amines) is 2. The summed E-state index contributed by atoms with van der Waals surface area (Å²) in [5, 5.41) is 0. The number of carbonyl (C=O) groups excluding carboxylic acids is 2. The number of anilines is 1. The van der Waals surface area contributed by atoms with Crippen molar-refractivity contribution in [2.45, 2.75) is 57.8 Å². The van der Waals surface area contributed by atoms with Gasteiger partial charge in [-0.2, -0.15) is 0 Å². The standard InChI is InChI=1S/C27H39N3O3/c1-3-5-8-19-33-26(32)29-16-12-22(20-29)11-15-28-17-13-27(14-18-28)21-30(25(31)4-2)24-10-7-6-9-23(24)27/h5-10,22H,3-4,11-21H2,1-2H3/b8-5+/t22-/m1/s1. The summed E-state index contributed by atoms with van der Waals surface area (Å²) >= 11 is 0. The summed E-state index contributed by atoms with van der Waals surface area (Å²) in [6, 6.07) is 8.51. The van der Waals surface area contributed by atoms with Gasteiger partial charge >= 0.3 is 6.09 Å².